The lowest BCUT2D eigenvalue weighted by Crippen LogP contribution is -2.02. The van der Waals surface area contributed by atoms with E-state index in [0.717, 1.165) is 29.8 Å². The Bertz CT molecular complexity index is 760. The summed E-state index contributed by atoms with van der Waals surface area (Å²) in [5.74, 6) is 0.548. The molecule has 1 atom stereocenters. The molecular weight excluding hydrogens is 286 g/mol. The van der Waals surface area contributed by atoms with Gasteiger partial charge in [0.25, 0.3) is 0 Å². The SMILES string of the molecule is Cc1cccc(O)c1C(C)Cc1cn(Cc2ccccc2)nn1. The van der Waals surface area contributed by atoms with E-state index in [2.05, 4.69) is 29.4 Å². The van der Waals surface area contributed by atoms with Crippen LogP contribution in [0.3, 0.4) is 0 Å². The van der Waals surface area contributed by atoms with Gasteiger partial charge in [0.2, 0.25) is 0 Å². The van der Waals surface area contributed by atoms with Crippen molar-refractivity contribution in [1.82, 2.24) is 15.0 Å². The van der Waals surface area contributed by atoms with Gasteiger partial charge in [-0.05, 0) is 42.0 Å². The quantitative estimate of drug-likeness (QED) is 0.782. The molecule has 0 aliphatic heterocycles. The number of hydrogen-bond donors (Lipinski definition) is 1. The Morgan fingerprint density at radius 1 is 1.09 bits per heavy atom. The molecule has 0 spiro atoms. The van der Waals surface area contributed by atoms with Crippen molar-refractivity contribution in [3.63, 3.8) is 0 Å². The highest BCUT2D eigenvalue weighted by Crippen LogP contribution is 2.30. The molecule has 0 bridgehead atoms. The van der Waals surface area contributed by atoms with E-state index >= 15 is 0 Å². The Labute approximate surface area is 136 Å². The molecule has 0 radical (unpaired) electrons. The summed E-state index contributed by atoms with van der Waals surface area (Å²) in [6.45, 7) is 4.86. The highest BCUT2D eigenvalue weighted by atomic mass is 16.3. The Balaban J connectivity index is 1.71. The minimum absolute atomic E-state index is 0.193. The van der Waals surface area contributed by atoms with Crippen LogP contribution in [-0.4, -0.2) is 20.1 Å². The average Bonchev–Trinajstić information content (AvgIpc) is 2.95. The van der Waals surface area contributed by atoms with Crippen LogP contribution in [0.2, 0.25) is 0 Å². The van der Waals surface area contributed by atoms with Gasteiger partial charge in [-0.3, -0.25) is 0 Å². The van der Waals surface area contributed by atoms with Gasteiger partial charge < -0.3 is 5.11 Å². The molecule has 1 heterocycles. The van der Waals surface area contributed by atoms with Crippen LogP contribution >= 0.6 is 0 Å². The minimum Gasteiger partial charge on any atom is -0.508 e. The van der Waals surface area contributed by atoms with Gasteiger partial charge in [0.05, 0.1) is 12.2 Å². The molecule has 0 saturated carbocycles. The van der Waals surface area contributed by atoms with Crippen LogP contribution in [0.15, 0.2) is 54.7 Å². The summed E-state index contributed by atoms with van der Waals surface area (Å²) in [5.41, 5.74) is 4.24. The first-order valence-corrected chi connectivity index (χ1v) is 7.85. The summed E-state index contributed by atoms with van der Waals surface area (Å²) in [6.07, 6.45) is 2.74. The molecule has 118 valence electrons. The largest absolute Gasteiger partial charge is 0.508 e. The fourth-order valence-corrected chi connectivity index (χ4v) is 3.00. The summed E-state index contributed by atoms with van der Waals surface area (Å²) in [5, 5.41) is 18.6. The molecule has 0 amide bonds. The lowest BCUT2D eigenvalue weighted by molar-refractivity contribution is 0.461. The first-order valence-electron chi connectivity index (χ1n) is 7.85. The lowest BCUT2D eigenvalue weighted by Gasteiger charge is -2.14. The van der Waals surface area contributed by atoms with Crippen molar-refractivity contribution in [3.05, 3.63) is 77.1 Å². The zero-order valence-corrected chi connectivity index (χ0v) is 13.5. The van der Waals surface area contributed by atoms with Gasteiger partial charge in [-0.25, -0.2) is 4.68 Å². The highest BCUT2D eigenvalue weighted by Gasteiger charge is 2.15. The first kappa shape index (κ1) is 15.3. The van der Waals surface area contributed by atoms with Crippen LogP contribution < -0.4 is 0 Å². The number of benzene rings is 2. The normalized spacial score (nSPS) is 12.3. The van der Waals surface area contributed by atoms with Crippen LogP contribution in [0.5, 0.6) is 5.75 Å². The molecule has 0 aliphatic rings. The van der Waals surface area contributed by atoms with Crippen molar-refractivity contribution in [3.8, 4) is 5.75 Å². The predicted octanol–water partition coefficient (Wildman–Crippen LogP) is 3.69. The summed E-state index contributed by atoms with van der Waals surface area (Å²) in [4.78, 5) is 0. The maximum Gasteiger partial charge on any atom is 0.119 e. The number of hydrogen-bond acceptors (Lipinski definition) is 3. The molecule has 2 aromatic carbocycles. The Morgan fingerprint density at radius 2 is 1.87 bits per heavy atom. The van der Waals surface area contributed by atoms with Gasteiger partial charge in [-0.2, -0.15) is 0 Å². The third kappa shape index (κ3) is 3.59. The highest BCUT2D eigenvalue weighted by molar-refractivity contribution is 5.41. The molecule has 23 heavy (non-hydrogen) atoms. The molecule has 4 heteroatoms. The number of aromatic nitrogens is 3. The summed E-state index contributed by atoms with van der Waals surface area (Å²) >= 11 is 0. The van der Waals surface area contributed by atoms with Crippen molar-refractivity contribution >= 4 is 0 Å². The average molecular weight is 307 g/mol. The number of phenols is 1. The first-order chi connectivity index (χ1) is 11.1. The summed E-state index contributed by atoms with van der Waals surface area (Å²) < 4.78 is 1.86. The molecule has 3 aromatic rings. The molecule has 0 aliphatic carbocycles. The maximum atomic E-state index is 10.1. The second-order valence-corrected chi connectivity index (χ2v) is 6.01. The van der Waals surface area contributed by atoms with E-state index in [-0.39, 0.29) is 5.92 Å². The van der Waals surface area contributed by atoms with Crippen molar-refractivity contribution in [2.45, 2.75) is 32.7 Å². The zero-order valence-electron chi connectivity index (χ0n) is 13.5. The second kappa shape index (κ2) is 6.65. The van der Waals surface area contributed by atoms with Crippen LogP contribution in [0.25, 0.3) is 0 Å². The zero-order chi connectivity index (χ0) is 16.2. The third-order valence-electron chi connectivity index (χ3n) is 4.08. The number of nitrogens with zero attached hydrogens (tertiary/aromatic N) is 3. The lowest BCUT2D eigenvalue weighted by atomic mass is 9.92. The maximum absolute atomic E-state index is 10.1. The van der Waals surface area contributed by atoms with Gasteiger partial charge in [0.15, 0.2) is 0 Å². The third-order valence-corrected chi connectivity index (χ3v) is 4.08. The molecule has 0 saturated heterocycles. The van der Waals surface area contributed by atoms with Crippen molar-refractivity contribution < 1.29 is 5.11 Å². The fraction of sp³-hybridized carbons (Fsp3) is 0.263. The molecule has 1 unspecified atom stereocenters. The standard InChI is InChI=1S/C19H21N3O/c1-14-7-6-10-18(23)19(14)15(2)11-17-13-22(21-20-17)12-16-8-4-3-5-9-16/h3-10,13,15,23H,11-12H2,1-2H3. The Morgan fingerprint density at radius 3 is 2.61 bits per heavy atom. The van der Waals surface area contributed by atoms with E-state index in [1.165, 1.54) is 5.56 Å². The van der Waals surface area contributed by atoms with Crippen LogP contribution in [0.4, 0.5) is 0 Å². The van der Waals surface area contributed by atoms with E-state index in [4.69, 9.17) is 0 Å². The number of phenolic OH excluding ortho intramolecular Hbond substituents is 1. The van der Waals surface area contributed by atoms with E-state index in [9.17, 15) is 5.11 Å². The van der Waals surface area contributed by atoms with E-state index < -0.39 is 0 Å². The van der Waals surface area contributed by atoms with E-state index in [1.54, 1.807) is 6.07 Å². The number of aromatic hydroxyl groups is 1. The van der Waals surface area contributed by atoms with Crippen molar-refractivity contribution in [2.24, 2.45) is 0 Å². The van der Waals surface area contributed by atoms with Crippen LogP contribution in [0.1, 0.15) is 35.2 Å². The Hall–Kier alpha value is -2.62. The topological polar surface area (TPSA) is 50.9 Å². The molecule has 3 rings (SSSR count). The van der Waals surface area contributed by atoms with Gasteiger partial charge >= 0.3 is 0 Å². The smallest absolute Gasteiger partial charge is 0.119 e. The fourth-order valence-electron chi connectivity index (χ4n) is 3.00. The number of aryl methyl sites for hydroxylation is 1. The monoisotopic (exact) mass is 307 g/mol. The molecule has 4 nitrogen and oxygen atoms in total. The molecule has 0 fully saturated rings. The van der Waals surface area contributed by atoms with Crippen molar-refractivity contribution in [2.75, 3.05) is 0 Å². The van der Waals surface area contributed by atoms with Gasteiger partial charge in [0.1, 0.15) is 5.75 Å². The van der Waals surface area contributed by atoms with Crippen molar-refractivity contribution in [1.29, 1.82) is 0 Å². The van der Waals surface area contributed by atoms with Gasteiger partial charge in [0, 0.05) is 6.20 Å². The molecular formula is C19H21N3O. The van der Waals surface area contributed by atoms with Crippen LogP contribution in [0, 0.1) is 6.92 Å². The molecule has 1 N–H and O–H groups in total. The summed E-state index contributed by atoms with van der Waals surface area (Å²) in [7, 11) is 0. The van der Waals surface area contributed by atoms with E-state index in [0.29, 0.717) is 5.75 Å². The van der Waals surface area contributed by atoms with Gasteiger partial charge in [-0.15, -0.1) is 5.10 Å². The van der Waals surface area contributed by atoms with Gasteiger partial charge in [-0.1, -0.05) is 54.6 Å². The minimum atomic E-state index is 0.193. The molecule has 1 aromatic heterocycles. The number of rotatable bonds is 5. The van der Waals surface area contributed by atoms with Crippen LogP contribution in [-0.2, 0) is 13.0 Å². The second-order valence-electron chi connectivity index (χ2n) is 6.01. The summed E-state index contributed by atoms with van der Waals surface area (Å²) in [6, 6.07) is 15.9. The Kier molecular flexibility index (Phi) is 4.42. The predicted molar refractivity (Wildman–Crippen MR) is 90.5 cm³/mol. The van der Waals surface area contributed by atoms with E-state index in [1.807, 2.05) is 48.1 Å².